The first-order chi connectivity index (χ1) is 14.5. The van der Waals surface area contributed by atoms with Gasteiger partial charge in [0.2, 0.25) is 0 Å². The molecule has 1 unspecified atom stereocenters. The Labute approximate surface area is 180 Å². The molecule has 1 atom stereocenters. The molecule has 0 spiro atoms. The van der Waals surface area contributed by atoms with E-state index in [9.17, 15) is 22.2 Å². The lowest BCUT2D eigenvalue weighted by Crippen LogP contribution is -2.13. The molecule has 160 valence electrons. The molecule has 31 heavy (non-hydrogen) atoms. The van der Waals surface area contributed by atoms with E-state index in [0.717, 1.165) is 24.5 Å². The monoisotopic (exact) mass is 467 g/mol. The molecule has 1 aromatic heterocycles. The van der Waals surface area contributed by atoms with Crippen LogP contribution in [0, 0.1) is 18.3 Å². The molecule has 2 aromatic carbocycles. The summed E-state index contributed by atoms with van der Waals surface area (Å²) in [6.07, 6.45) is -3.81. The van der Waals surface area contributed by atoms with Gasteiger partial charge in [-0.25, -0.2) is 8.89 Å². The molecule has 0 fully saturated rings. The van der Waals surface area contributed by atoms with Crippen molar-refractivity contribution in [3.05, 3.63) is 70.0 Å². The van der Waals surface area contributed by atoms with E-state index >= 15 is 0 Å². The molecule has 0 saturated heterocycles. The van der Waals surface area contributed by atoms with Gasteiger partial charge in [0.25, 0.3) is 0 Å². The highest BCUT2D eigenvalue weighted by Gasteiger charge is 2.35. The molecule has 0 radical (unpaired) electrons. The normalized spacial score (nSPS) is 13.3. The fraction of sp³-hybridized carbons (Fsp3) is 0.158. The average Bonchev–Trinajstić information content (AvgIpc) is 3.08. The van der Waals surface area contributed by atoms with Crippen molar-refractivity contribution in [2.24, 2.45) is 4.36 Å². The molecule has 12 heteroatoms. The van der Waals surface area contributed by atoms with E-state index in [1.54, 1.807) is 0 Å². The number of alkyl halides is 3. The molecule has 0 aliphatic rings. The lowest BCUT2D eigenvalue weighted by atomic mass is 10.2. The van der Waals surface area contributed by atoms with Crippen LogP contribution in [-0.4, -0.2) is 31.4 Å². The number of rotatable bonds is 3. The van der Waals surface area contributed by atoms with Crippen molar-refractivity contribution >= 4 is 27.2 Å². The number of hydrogen-bond donors (Lipinski definition) is 0. The van der Waals surface area contributed by atoms with Crippen molar-refractivity contribution in [3.63, 3.8) is 0 Å². The summed E-state index contributed by atoms with van der Waals surface area (Å²) in [5.74, 6) is -1.09. The van der Waals surface area contributed by atoms with E-state index < -0.39 is 32.3 Å². The first kappa shape index (κ1) is 22.5. The smallest absolute Gasteiger partial charge is 0.264 e. The SMILES string of the molecule is Cc1c(C(=O)N=S(C)(=O)c2ccccc2C(F)(F)F)nnn1-c1ccc(C#N)cc1Cl. The maximum absolute atomic E-state index is 13.3. The Bertz CT molecular complexity index is 1350. The van der Waals surface area contributed by atoms with Crippen molar-refractivity contribution in [2.75, 3.05) is 6.26 Å². The lowest BCUT2D eigenvalue weighted by Gasteiger charge is -2.13. The van der Waals surface area contributed by atoms with Crippen LogP contribution >= 0.6 is 11.6 Å². The van der Waals surface area contributed by atoms with Crippen molar-refractivity contribution in [2.45, 2.75) is 18.0 Å². The van der Waals surface area contributed by atoms with Gasteiger partial charge in [0.15, 0.2) is 5.69 Å². The highest BCUT2D eigenvalue weighted by Crippen LogP contribution is 2.34. The minimum Gasteiger partial charge on any atom is -0.264 e. The van der Waals surface area contributed by atoms with Gasteiger partial charge in [-0.15, -0.1) is 5.10 Å². The Morgan fingerprint density at radius 1 is 1.26 bits per heavy atom. The van der Waals surface area contributed by atoms with Gasteiger partial charge >= 0.3 is 12.1 Å². The van der Waals surface area contributed by atoms with Crippen LogP contribution in [0.4, 0.5) is 13.2 Å². The number of carbonyl (C=O) groups excluding carboxylic acids is 1. The predicted molar refractivity (Wildman–Crippen MR) is 106 cm³/mol. The van der Waals surface area contributed by atoms with Gasteiger partial charge in [-0.1, -0.05) is 28.9 Å². The third kappa shape index (κ3) is 4.45. The molecule has 7 nitrogen and oxygen atoms in total. The Hall–Kier alpha value is -3.23. The second kappa shape index (κ2) is 8.13. The summed E-state index contributed by atoms with van der Waals surface area (Å²) in [6.45, 7) is 1.47. The molecule has 3 rings (SSSR count). The Balaban J connectivity index is 2.05. The van der Waals surface area contributed by atoms with Gasteiger partial charge in [-0.2, -0.15) is 22.8 Å². The maximum Gasteiger partial charge on any atom is 0.417 e. The van der Waals surface area contributed by atoms with Crippen molar-refractivity contribution < 1.29 is 22.2 Å². The molecule has 0 saturated carbocycles. The van der Waals surface area contributed by atoms with Crippen LogP contribution in [0.25, 0.3) is 5.69 Å². The minimum atomic E-state index is -4.76. The highest BCUT2D eigenvalue weighted by molar-refractivity contribution is 7.93. The third-order valence-corrected chi connectivity index (χ3v) is 6.25. The largest absolute Gasteiger partial charge is 0.417 e. The van der Waals surface area contributed by atoms with Crippen LogP contribution in [0.15, 0.2) is 51.7 Å². The number of carbonyl (C=O) groups is 1. The van der Waals surface area contributed by atoms with Crippen molar-refractivity contribution in [3.8, 4) is 11.8 Å². The van der Waals surface area contributed by atoms with Crippen LogP contribution in [0.2, 0.25) is 5.02 Å². The topological polar surface area (TPSA) is 101 Å². The third-order valence-electron chi connectivity index (χ3n) is 4.26. The zero-order chi connectivity index (χ0) is 23.0. The molecule has 3 aromatic rings. The summed E-state index contributed by atoms with van der Waals surface area (Å²) in [6, 6.07) is 10.5. The number of hydrogen-bond acceptors (Lipinski definition) is 5. The van der Waals surface area contributed by atoms with Crippen LogP contribution in [0.3, 0.4) is 0 Å². The summed E-state index contributed by atoms with van der Waals surface area (Å²) in [5, 5.41) is 16.6. The summed E-state index contributed by atoms with van der Waals surface area (Å²) < 4.78 is 57.5. The van der Waals surface area contributed by atoms with E-state index in [0.29, 0.717) is 11.3 Å². The van der Waals surface area contributed by atoms with Crippen LogP contribution in [0.5, 0.6) is 0 Å². The number of halogens is 4. The summed E-state index contributed by atoms with van der Waals surface area (Å²) in [5.41, 5.74) is -0.612. The summed E-state index contributed by atoms with van der Waals surface area (Å²) in [7, 11) is -3.74. The van der Waals surface area contributed by atoms with Gasteiger partial charge in [0, 0.05) is 6.26 Å². The van der Waals surface area contributed by atoms with Gasteiger partial charge < -0.3 is 0 Å². The Kier molecular flexibility index (Phi) is 5.89. The Morgan fingerprint density at radius 3 is 2.55 bits per heavy atom. The summed E-state index contributed by atoms with van der Waals surface area (Å²) in [4.78, 5) is 12.0. The van der Waals surface area contributed by atoms with E-state index in [2.05, 4.69) is 14.7 Å². The van der Waals surface area contributed by atoms with Crippen molar-refractivity contribution in [1.82, 2.24) is 15.0 Å². The molecular weight excluding hydrogens is 455 g/mol. The highest BCUT2D eigenvalue weighted by atomic mass is 35.5. The lowest BCUT2D eigenvalue weighted by molar-refractivity contribution is -0.139. The van der Waals surface area contributed by atoms with Crippen LogP contribution < -0.4 is 0 Å². The fourth-order valence-corrected chi connectivity index (χ4v) is 4.47. The van der Waals surface area contributed by atoms with Gasteiger partial charge in [0.05, 0.1) is 48.2 Å². The molecule has 0 aliphatic carbocycles. The van der Waals surface area contributed by atoms with E-state index in [-0.39, 0.29) is 16.4 Å². The molecular formula is C19H13ClF3N5O2S. The molecule has 0 N–H and O–H groups in total. The quantitative estimate of drug-likeness (QED) is 0.567. The zero-order valence-corrected chi connectivity index (χ0v) is 17.6. The maximum atomic E-state index is 13.3. The Morgan fingerprint density at radius 2 is 1.94 bits per heavy atom. The zero-order valence-electron chi connectivity index (χ0n) is 16.0. The molecule has 0 aliphatic heterocycles. The minimum absolute atomic E-state index is 0.168. The second-order valence-corrected chi connectivity index (χ2v) is 9.04. The average molecular weight is 468 g/mol. The van der Waals surface area contributed by atoms with Gasteiger partial charge in [-0.05, 0) is 37.3 Å². The van der Waals surface area contributed by atoms with Crippen LogP contribution in [-0.2, 0) is 15.9 Å². The summed E-state index contributed by atoms with van der Waals surface area (Å²) >= 11 is 6.15. The van der Waals surface area contributed by atoms with Crippen LogP contribution in [0.1, 0.15) is 27.3 Å². The standard InChI is InChI=1S/C19H13ClF3N5O2S/c1-11-17(25-27-28(11)15-8-7-12(10-24)9-14(15)20)18(29)26-31(2,30)16-6-4-3-5-13(16)19(21,22)23/h3-9H,1-2H3. The van der Waals surface area contributed by atoms with E-state index in [1.165, 1.54) is 35.9 Å². The number of benzene rings is 2. The molecule has 1 amide bonds. The first-order valence-corrected chi connectivity index (χ1v) is 10.8. The van der Waals surface area contributed by atoms with Gasteiger partial charge in [-0.3, -0.25) is 4.79 Å². The fourth-order valence-electron chi connectivity index (χ4n) is 2.79. The molecule has 0 bridgehead atoms. The number of nitriles is 1. The number of amides is 1. The van der Waals surface area contributed by atoms with Gasteiger partial charge in [0.1, 0.15) is 0 Å². The second-order valence-electron chi connectivity index (χ2n) is 6.41. The van der Waals surface area contributed by atoms with E-state index in [4.69, 9.17) is 16.9 Å². The number of nitrogens with zero attached hydrogens (tertiary/aromatic N) is 5. The predicted octanol–water partition coefficient (Wildman–Crippen LogP) is 4.42. The number of aromatic nitrogens is 3. The first-order valence-electron chi connectivity index (χ1n) is 8.51. The van der Waals surface area contributed by atoms with E-state index in [1.807, 2.05) is 6.07 Å². The molecule has 1 heterocycles. The van der Waals surface area contributed by atoms with Crippen molar-refractivity contribution in [1.29, 1.82) is 5.26 Å².